The second kappa shape index (κ2) is 9.98. The number of thiocarbonyl (C=S) groups is 1. The summed E-state index contributed by atoms with van der Waals surface area (Å²) in [6.07, 6.45) is 4.87. The van der Waals surface area contributed by atoms with Gasteiger partial charge in [0, 0.05) is 31.6 Å². The van der Waals surface area contributed by atoms with Gasteiger partial charge in [0.15, 0.2) is 5.11 Å². The number of carbonyl (C=O) groups is 2. The van der Waals surface area contributed by atoms with Crippen molar-refractivity contribution in [3.63, 3.8) is 0 Å². The maximum Gasteiger partial charge on any atom is 0.269 e. The first-order valence-electron chi connectivity index (χ1n) is 8.81. The maximum atomic E-state index is 12.2. The van der Waals surface area contributed by atoms with Crippen molar-refractivity contribution in [2.75, 3.05) is 13.1 Å². The van der Waals surface area contributed by atoms with Gasteiger partial charge in [-0.2, -0.15) is 0 Å². The van der Waals surface area contributed by atoms with Gasteiger partial charge in [-0.1, -0.05) is 31.9 Å². The number of likely N-dealkylation sites (tertiary alicyclic amines) is 1. The standard InChI is InChI=1S/C18H26N4O2S/c1-2-3-4-10-19-18(25)21-20-17(24)15-8-5-7-14(12-15)13-22-11-6-9-16(22)23/h5,7-8,12H,2-4,6,9-11,13H2,1H3,(H,20,24)(H2,19,21,25). The van der Waals surface area contributed by atoms with E-state index in [0.29, 0.717) is 23.6 Å². The SMILES string of the molecule is CCCCCNC(=S)NNC(=O)c1cccc(CN2CCCC2=O)c1. The topological polar surface area (TPSA) is 73.5 Å². The molecule has 1 heterocycles. The van der Waals surface area contributed by atoms with Crippen molar-refractivity contribution >= 4 is 29.1 Å². The molecule has 2 amide bonds. The van der Waals surface area contributed by atoms with Crippen LogP contribution in [-0.4, -0.2) is 34.9 Å². The van der Waals surface area contributed by atoms with Gasteiger partial charge in [0.25, 0.3) is 5.91 Å². The maximum absolute atomic E-state index is 12.2. The lowest BCUT2D eigenvalue weighted by Gasteiger charge is -2.16. The molecule has 0 aromatic heterocycles. The van der Waals surface area contributed by atoms with Crippen molar-refractivity contribution in [1.82, 2.24) is 21.1 Å². The summed E-state index contributed by atoms with van der Waals surface area (Å²) in [5, 5.41) is 3.46. The highest BCUT2D eigenvalue weighted by molar-refractivity contribution is 7.80. The Morgan fingerprint density at radius 3 is 2.84 bits per heavy atom. The molecular weight excluding hydrogens is 336 g/mol. The fourth-order valence-corrected chi connectivity index (χ4v) is 2.86. The van der Waals surface area contributed by atoms with Crippen LogP contribution in [-0.2, 0) is 11.3 Å². The number of hydrazine groups is 1. The average molecular weight is 362 g/mol. The molecule has 1 aliphatic rings. The Morgan fingerprint density at radius 1 is 1.28 bits per heavy atom. The summed E-state index contributed by atoms with van der Waals surface area (Å²) < 4.78 is 0. The predicted molar refractivity (Wildman–Crippen MR) is 102 cm³/mol. The van der Waals surface area contributed by atoms with Crippen molar-refractivity contribution in [2.24, 2.45) is 0 Å². The molecule has 136 valence electrons. The third-order valence-corrected chi connectivity index (χ3v) is 4.34. The third kappa shape index (κ3) is 6.34. The molecule has 0 saturated carbocycles. The minimum Gasteiger partial charge on any atom is -0.361 e. The number of amides is 2. The Kier molecular flexibility index (Phi) is 7.66. The van der Waals surface area contributed by atoms with E-state index in [9.17, 15) is 9.59 Å². The van der Waals surface area contributed by atoms with Crippen LogP contribution in [0.5, 0.6) is 0 Å². The van der Waals surface area contributed by atoms with Gasteiger partial charge in [0.1, 0.15) is 0 Å². The second-order valence-corrected chi connectivity index (χ2v) is 6.57. The molecule has 1 fully saturated rings. The quantitative estimate of drug-likeness (QED) is 0.394. The lowest BCUT2D eigenvalue weighted by atomic mass is 10.1. The van der Waals surface area contributed by atoms with Gasteiger partial charge in [0.05, 0.1) is 0 Å². The first-order valence-corrected chi connectivity index (χ1v) is 9.22. The fourth-order valence-electron chi connectivity index (χ4n) is 2.71. The minimum absolute atomic E-state index is 0.177. The minimum atomic E-state index is -0.257. The van der Waals surface area contributed by atoms with Gasteiger partial charge in [-0.3, -0.25) is 20.4 Å². The molecule has 2 rings (SSSR count). The highest BCUT2D eigenvalue weighted by Crippen LogP contribution is 2.15. The summed E-state index contributed by atoms with van der Waals surface area (Å²) >= 11 is 5.13. The summed E-state index contributed by atoms with van der Waals surface area (Å²) in [6, 6.07) is 7.30. The molecular formula is C18H26N4O2S. The molecule has 1 aromatic rings. The van der Waals surface area contributed by atoms with Crippen LogP contribution in [0.25, 0.3) is 0 Å². The van der Waals surface area contributed by atoms with E-state index in [1.807, 2.05) is 17.0 Å². The molecule has 0 unspecified atom stereocenters. The largest absolute Gasteiger partial charge is 0.361 e. The Morgan fingerprint density at radius 2 is 2.12 bits per heavy atom. The van der Waals surface area contributed by atoms with Gasteiger partial charge >= 0.3 is 0 Å². The zero-order valence-corrected chi connectivity index (χ0v) is 15.5. The van der Waals surface area contributed by atoms with Crippen LogP contribution >= 0.6 is 12.2 Å². The van der Waals surface area contributed by atoms with E-state index < -0.39 is 0 Å². The molecule has 0 spiro atoms. The predicted octanol–water partition coefficient (Wildman–Crippen LogP) is 2.11. The second-order valence-electron chi connectivity index (χ2n) is 6.16. The van der Waals surface area contributed by atoms with Gasteiger partial charge in [-0.15, -0.1) is 0 Å². The summed E-state index contributed by atoms with van der Waals surface area (Å²) in [6.45, 7) is 4.26. The van der Waals surface area contributed by atoms with E-state index in [-0.39, 0.29) is 11.8 Å². The number of rotatable bonds is 7. The van der Waals surface area contributed by atoms with E-state index in [1.165, 1.54) is 0 Å². The zero-order chi connectivity index (χ0) is 18.1. The van der Waals surface area contributed by atoms with E-state index in [2.05, 4.69) is 23.1 Å². The molecule has 3 N–H and O–H groups in total. The van der Waals surface area contributed by atoms with Crippen LogP contribution in [0.3, 0.4) is 0 Å². The third-order valence-electron chi connectivity index (χ3n) is 4.09. The van der Waals surface area contributed by atoms with Crippen molar-refractivity contribution in [3.8, 4) is 0 Å². The Labute approximate surface area is 154 Å². The summed E-state index contributed by atoms with van der Waals surface area (Å²) in [5.41, 5.74) is 6.79. The number of benzene rings is 1. The lowest BCUT2D eigenvalue weighted by molar-refractivity contribution is -0.128. The molecule has 1 saturated heterocycles. The first kappa shape index (κ1) is 19.2. The van der Waals surface area contributed by atoms with Gasteiger partial charge in [-0.05, 0) is 42.8 Å². The Balaban J connectivity index is 1.80. The van der Waals surface area contributed by atoms with Crippen LogP contribution in [0, 0.1) is 0 Å². The molecule has 1 aromatic carbocycles. The summed E-state index contributed by atoms with van der Waals surface area (Å²) in [7, 11) is 0. The summed E-state index contributed by atoms with van der Waals surface area (Å²) in [5.74, 6) is -0.0803. The van der Waals surface area contributed by atoms with Crippen molar-refractivity contribution in [2.45, 2.75) is 45.6 Å². The molecule has 0 bridgehead atoms. The Bertz CT molecular complexity index is 621. The number of hydrogen-bond acceptors (Lipinski definition) is 3. The zero-order valence-electron chi connectivity index (χ0n) is 14.6. The number of nitrogens with one attached hydrogen (secondary N) is 3. The van der Waals surface area contributed by atoms with E-state index >= 15 is 0 Å². The van der Waals surface area contributed by atoms with E-state index in [0.717, 1.165) is 44.3 Å². The Hall–Kier alpha value is -2.15. The number of hydrogen-bond donors (Lipinski definition) is 3. The molecule has 7 heteroatoms. The highest BCUT2D eigenvalue weighted by Gasteiger charge is 2.20. The van der Waals surface area contributed by atoms with Crippen LogP contribution in [0.4, 0.5) is 0 Å². The van der Waals surface area contributed by atoms with Crippen molar-refractivity contribution in [3.05, 3.63) is 35.4 Å². The number of nitrogens with zero attached hydrogens (tertiary/aromatic N) is 1. The first-order chi connectivity index (χ1) is 12.1. The molecule has 0 radical (unpaired) electrons. The van der Waals surface area contributed by atoms with E-state index in [1.54, 1.807) is 12.1 Å². The normalized spacial score (nSPS) is 13.6. The molecule has 1 aliphatic heterocycles. The molecule has 0 atom stereocenters. The number of carbonyl (C=O) groups excluding carboxylic acids is 2. The van der Waals surface area contributed by atoms with Crippen LogP contribution in [0.15, 0.2) is 24.3 Å². The van der Waals surface area contributed by atoms with Crippen LogP contribution in [0.2, 0.25) is 0 Å². The van der Waals surface area contributed by atoms with Gasteiger partial charge in [-0.25, -0.2) is 0 Å². The van der Waals surface area contributed by atoms with E-state index in [4.69, 9.17) is 12.2 Å². The molecule has 25 heavy (non-hydrogen) atoms. The smallest absolute Gasteiger partial charge is 0.269 e. The van der Waals surface area contributed by atoms with Gasteiger partial charge in [0.2, 0.25) is 5.91 Å². The summed E-state index contributed by atoms with van der Waals surface area (Å²) in [4.78, 5) is 25.8. The van der Waals surface area contributed by atoms with Crippen LogP contribution in [0.1, 0.15) is 54.9 Å². The average Bonchev–Trinajstić information content (AvgIpc) is 3.01. The monoisotopic (exact) mass is 362 g/mol. The lowest BCUT2D eigenvalue weighted by Crippen LogP contribution is -2.47. The number of unbranched alkanes of at least 4 members (excludes halogenated alkanes) is 2. The van der Waals surface area contributed by atoms with Crippen LogP contribution < -0.4 is 16.2 Å². The fraction of sp³-hybridized carbons (Fsp3) is 0.500. The van der Waals surface area contributed by atoms with Crippen molar-refractivity contribution < 1.29 is 9.59 Å². The molecule has 0 aliphatic carbocycles. The van der Waals surface area contributed by atoms with Gasteiger partial charge < -0.3 is 10.2 Å². The molecule has 6 nitrogen and oxygen atoms in total. The highest BCUT2D eigenvalue weighted by atomic mass is 32.1. The van der Waals surface area contributed by atoms with Crippen molar-refractivity contribution in [1.29, 1.82) is 0 Å².